The Bertz CT molecular complexity index is 710. The summed E-state index contributed by atoms with van der Waals surface area (Å²) in [7, 11) is 0. The summed E-state index contributed by atoms with van der Waals surface area (Å²) >= 11 is 1.28. The molecule has 0 bridgehead atoms. The molecule has 0 saturated carbocycles. The molecule has 108 valence electrons. The lowest BCUT2D eigenvalue weighted by atomic mass is 9.98. The van der Waals surface area contributed by atoms with Crippen LogP contribution in [0.5, 0.6) is 0 Å². The Balaban J connectivity index is 1.87. The minimum absolute atomic E-state index is 0.0172. The van der Waals surface area contributed by atoms with Gasteiger partial charge >= 0.3 is 5.97 Å². The van der Waals surface area contributed by atoms with Gasteiger partial charge in [0.1, 0.15) is 5.01 Å². The Hall–Kier alpha value is -2.21. The van der Waals surface area contributed by atoms with Gasteiger partial charge in [0.2, 0.25) is 0 Å². The molecule has 2 aromatic rings. The summed E-state index contributed by atoms with van der Waals surface area (Å²) in [5.41, 5.74) is 1.83. The molecule has 0 fully saturated rings. The van der Waals surface area contributed by atoms with Gasteiger partial charge in [0.05, 0.1) is 6.04 Å². The van der Waals surface area contributed by atoms with Crippen LogP contribution >= 0.6 is 11.3 Å². The third-order valence-corrected chi connectivity index (χ3v) is 4.71. The highest BCUT2D eigenvalue weighted by molar-refractivity contribution is 7.09. The molecule has 21 heavy (non-hydrogen) atoms. The predicted octanol–water partition coefficient (Wildman–Crippen LogP) is 2.60. The van der Waals surface area contributed by atoms with Crippen LogP contribution in [0.25, 0.3) is 0 Å². The van der Waals surface area contributed by atoms with Crippen molar-refractivity contribution >= 4 is 23.2 Å². The van der Waals surface area contributed by atoms with Crippen molar-refractivity contribution in [3.05, 3.63) is 51.5 Å². The molecule has 1 N–H and O–H groups in total. The third kappa shape index (κ3) is 2.42. The summed E-state index contributed by atoms with van der Waals surface area (Å²) in [4.78, 5) is 29.3. The van der Waals surface area contributed by atoms with E-state index in [1.54, 1.807) is 4.90 Å². The quantitative estimate of drug-likeness (QED) is 0.946. The van der Waals surface area contributed by atoms with Crippen LogP contribution in [0, 0.1) is 0 Å². The normalized spacial score (nSPS) is 15.7. The van der Waals surface area contributed by atoms with Crippen LogP contribution < -0.4 is 0 Å². The number of carbonyl (C=O) groups is 2. The maximum Gasteiger partial charge on any atom is 0.355 e. The lowest BCUT2D eigenvalue weighted by molar-refractivity contribution is 0.0672. The zero-order valence-corrected chi connectivity index (χ0v) is 12.3. The van der Waals surface area contributed by atoms with Crippen molar-refractivity contribution in [2.24, 2.45) is 0 Å². The highest BCUT2D eigenvalue weighted by Gasteiger charge is 2.29. The number of aromatic nitrogens is 1. The standard InChI is InChI=1S/C15H14N2O3S/c1-9(13-16-12(8-21-13)15(19)20)17-7-6-10-4-2-3-5-11(10)14(17)18/h2-5,8-9H,6-7H2,1H3,(H,19,20). The molecule has 0 aliphatic carbocycles. The minimum atomic E-state index is -1.04. The summed E-state index contributed by atoms with van der Waals surface area (Å²) in [5, 5.41) is 11.1. The number of rotatable bonds is 3. The molecule has 0 saturated heterocycles. The average molecular weight is 302 g/mol. The molecule has 1 amide bonds. The van der Waals surface area contributed by atoms with Crippen molar-refractivity contribution in [1.29, 1.82) is 0 Å². The predicted molar refractivity (Wildman–Crippen MR) is 78.7 cm³/mol. The molecule has 1 aromatic heterocycles. The van der Waals surface area contributed by atoms with Crippen LogP contribution in [0.15, 0.2) is 29.6 Å². The van der Waals surface area contributed by atoms with E-state index < -0.39 is 5.97 Å². The monoisotopic (exact) mass is 302 g/mol. The second-order valence-corrected chi connectivity index (χ2v) is 5.85. The van der Waals surface area contributed by atoms with Crippen molar-refractivity contribution in [2.45, 2.75) is 19.4 Å². The highest BCUT2D eigenvalue weighted by Crippen LogP contribution is 2.29. The second kappa shape index (κ2) is 5.29. The van der Waals surface area contributed by atoms with Crippen molar-refractivity contribution in [3.63, 3.8) is 0 Å². The Labute approximate surface area is 125 Å². The smallest absolute Gasteiger partial charge is 0.355 e. The molecule has 1 unspecified atom stereocenters. The first-order chi connectivity index (χ1) is 10.1. The lowest BCUT2D eigenvalue weighted by Crippen LogP contribution is -2.39. The van der Waals surface area contributed by atoms with Crippen LogP contribution in [0.2, 0.25) is 0 Å². The van der Waals surface area contributed by atoms with E-state index in [0.29, 0.717) is 11.6 Å². The third-order valence-electron chi connectivity index (χ3n) is 3.70. The summed E-state index contributed by atoms with van der Waals surface area (Å²) in [6.07, 6.45) is 0.809. The fourth-order valence-corrected chi connectivity index (χ4v) is 3.39. The first-order valence-electron chi connectivity index (χ1n) is 6.65. The summed E-state index contributed by atoms with van der Waals surface area (Å²) in [5.74, 6) is -1.06. The maximum absolute atomic E-state index is 12.6. The van der Waals surface area contributed by atoms with Crippen LogP contribution in [0.4, 0.5) is 0 Å². The number of carbonyl (C=O) groups excluding carboxylic acids is 1. The number of carboxylic acid groups (broad SMARTS) is 1. The fraction of sp³-hybridized carbons (Fsp3) is 0.267. The fourth-order valence-electron chi connectivity index (χ4n) is 2.52. The maximum atomic E-state index is 12.6. The van der Waals surface area contributed by atoms with E-state index in [1.807, 2.05) is 31.2 Å². The molecule has 1 aromatic carbocycles. The number of aromatic carboxylic acids is 1. The highest BCUT2D eigenvalue weighted by atomic mass is 32.1. The van der Waals surface area contributed by atoms with Gasteiger partial charge in [0.25, 0.3) is 5.91 Å². The number of nitrogens with zero attached hydrogens (tertiary/aromatic N) is 2. The van der Waals surface area contributed by atoms with E-state index in [4.69, 9.17) is 5.11 Å². The largest absolute Gasteiger partial charge is 0.476 e. The topological polar surface area (TPSA) is 70.5 Å². The van der Waals surface area contributed by atoms with Crippen molar-refractivity contribution in [2.75, 3.05) is 6.54 Å². The van der Waals surface area contributed by atoms with Crippen molar-refractivity contribution < 1.29 is 14.7 Å². The number of benzene rings is 1. The van der Waals surface area contributed by atoms with Gasteiger partial charge in [-0.25, -0.2) is 9.78 Å². The molecular formula is C15H14N2O3S. The van der Waals surface area contributed by atoms with Gasteiger partial charge in [-0.05, 0) is 25.0 Å². The van der Waals surface area contributed by atoms with Crippen LogP contribution in [-0.4, -0.2) is 33.4 Å². The lowest BCUT2D eigenvalue weighted by Gasteiger charge is -2.32. The molecule has 1 aliphatic rings. The molecular weight excluding hydrogens is 288 g/mol. The van der Waals surface area contributed by atoms with Gasteiger partial charge in [-0.15, -0.1) is 11.3 Å². The van der Waals surface area contributed by atoms with Crippen LogP contribution in [0.3, 0.4) is 0 Å². The average Bonchev–Trinajstić information content (AvgIpc) is 2.97. The van der Waals surface area contributed by atoms with Gasteiger partial charge in [-0.2, -0.15) is 0 Å². The number of hydrogen-bond donors (Lipinski definition) is 1. The van der Waals surface area contributed by atoms with E-state index in [9.17, 15) is 9.59 Å². The van der Waals surface area contributed by atoms with Gasteiger partial charge in [-0.1, -0.05) is 18.2 Å². The second-order valence-electron chi connectivity index (χ2n) is 4.96. The van der Waals surface area contributed by atoms with Gasteiger partial charge in [-0.3, -0.25) is 4.79 Å². The zero-order valence-electron chi connectivity index (χ0n) is 11.4. The molecule has 2 heterocycles. The molecule has 3 rings (SSSR count). The molecule has 1 aliphatic heterocycles. The van der Waals surface area contributed by atoms with Gasteiger partial charge in [0.15, 0.2) is 5.69 Å². The molecule has 0 spiro atoms. The van der Waals surface area contributed by atoms with E-state index in [1.165, 1.54) is 16.7 Å². The number of thiazole rings is 1. The van der Waals surface area contributed by atoms with Gasteiger partial charge < -0.3 is 10.0 Å². The van der Waals surface area contributed by atoms with Crippen LogP contribution in [-0.2, 0) is 6.42 Å². The van der Waals surface area contributed by atoms with E-state index in [2.05, 4.69) is 4.98 Å². The molecule has 6 heteroatoms. The van der Waals surface area contributed by atoms with Crippen molar-refractivity contribution in [3.8, 4) is 0 Å². The first-order valence-corrected chi connectivity index (χ1v) is 7.53. The first kappa shape index (κ1) is 13.8. The molecule has 1 atom stereocenters. The summed E-state index contributed by atoms with van der Waals surface area (Å²) in [6.45, 7) is 2.51. The number of carboxylic acids is 1. The Morgan fingerprint density at radius 2 is 2.19 bits per heavy atom. The number of fused-ring (bicyclic) bond motifs is 1. The minimum Gasteiger partial charge on any atom is -0.476 e. The Morgan fingerprint density at radius 1 is 1.43 bits per heavy atom. The molecule has 0 radical (unpaired) electrons. The van der Waals surface area contributed by atoms with E-state index >= 15 is 0 Å². The summed E-state index contributed by atoms with van der Waals surface area (Å²) < 4.78 is 0. The molecule has 5 nitrogen and oxygen atoms in total. The Morgan fingerprint density at radius 3 is 2.90 bits per heavy atom. The zero-order chi connectivity index (χ0) is 15.0. The van der Waals surface area contributed by atoms with Crippen LogP contribution in [0.1, 0.15) is 44.4 Å². The number of amides is 1. The Kier molecular flexibility index (Phi) is 3.47. The SMILES string of the molecule is CC(c1nc(C(=O)O)cs1)N1CCc2ccccc2C1=O. The van der Waals surface area contributed by atoms with Gasteiger partial charge in [0, 0.05) is 17.5 Å². The summed E-state index contributed by atoms with van der Waals surface area (Å²) in [6, 6.07) is 7.38. The van der Waals surface area contributed by atoms with E-state index in [-0.39, 0.29) is 17.6 Å². The number of hydrogen-bond acceptors (Lipinski definition) is 4. The van der Waals surface area contributed by atoms with Crippen molar-refractivity contribution in [1.82, 2.24) is 9.88 Å². The van der Waals surface area contributed by atoms with E-state index in [0.717, 1.165) is 17.5 Å².